The number of benzene rings is 1. The Balaban J connectivity index is 1.85. The van der Waals surface area contributed by atoms with E-state index in [0.717, 1.165) is 5.56 Å². The van der Waals surface area contributed by atoms with Gasteiger partial charge in [-0.1, -0.05) is 6.07 Å². The Kier molecular flexibility index (Phi) is 4.82. The minimum absolute atomic E-state index is 0.00826. The van der Waals surface area contributed by atoms with Crippen molar-refractivity contribution in [2.75, 3.05) is 11.9 Å². The maximum atomic E-state index is 13.6. The maximum absolute atomic E-state index is 13.6. The van der Waals surface area contributed by atoms with Crippen LogP contribution in [0.15, 0.2) is 23.3 Å². The lowest BCUT2D eigenvalue weighted by Gasteiger charge is -2.11. The van der Waals surface area contributed by atoms with Gasteiger partial charge in [0.25, 0.3) is 5.91 Å². The van der Waals surface area contributed by atoms with E-state index in [1.807, 2.05) is 0 Å². The highest BCUT2D eigenvalue weighted by Crippen LogP contribution is 2.15. The third-order valence-electron chi connectivity index (χ3n) is 2.87. The average Bonchev–Trinajstić information content (AvgIpc) is 2.48. The molecule has 8 heteroatoms. The monoisotopic (exact) mass is 307 g/mol. The highest BCUT2D eigenvalue weighted by Gasteiger charge is 2.20. The minimum atomic E-state index is -0.792. The largest absolute Gasteiger partial charge is 0.451 e. The van der Waals surface area contributed by atoms with Gasteiger partial charge in [-0.05, 0) is 24.6 Å². The van der Waals surface area contributed by atoms with Gasteiger partial charge >= 0.3 is 5.97 Å². The molecule has 0 bridgehead atoms. The number of halogens is 1. The minimum Gasteiger partial charge on any atom is -0.451 e. The molecular weight excluding hydrogens is 293 g/mol. The Labute approximate surface area is 125 Å². The summed E-state index contributed by atoms with van der Waals surface area (Å²) >= 11 is 0. The Morgan fingerprint density at radius 2 is 2.18 bits per heavy atom. The van der Waals surface area contributed by atoms with Crippen molar-refractivity contribution in [1.29, 1.82) is 0 Å². The van der Waals surface area contributed by atoms with Crippen molar-refractivity contribution in [3.63, 3.8) is 0 Å². The number of aryl methyl sites for hydroxylation is 1. The van der Waals surface area contributed by atoms with Crippen molar-refractivity contribution >= 4 is 29.2 Å². The molecule has 0 aliphatic carbocycles. The lowest BCUT2D eigenvalue weighted by Crippen LogP contribution is -2.32. The zero-order valence-electron chi connectivity index (χ0n) is 11.8. The summed E-state index contributed by atoms with van der Waals surface area (Å²) < 4.78 is 18.3. The van der Waals surface area contributed by atoms with Crippen LogP contribution < -0.4 is 10.7 Å². The molecule has 1 aliphatic rings. The van der Waals surface area contributed by atoms with Crippen molar-refractivity contribution in [3.05, 3.63) is 29.6 Å². The van der Waals surface area contributed by atoms with Crippen LogP contribution in [0.5, 0.6) is 0 Å². The molecule has 1 aromatic carbocycles. The SMILES string of the molecule is Cc1ccc(NC(=O)COC(=O)C2=NNC(=O)CC2)c(F)c1. The number of rotatable bonds is 4. The Hall–Kier alpha value is -2.77. The first-order valence-corrected chi connectivity index (χ1v) is 6.54. The van der Waals surface area contributed by atoms with Crippen LogP contribution in [0.25, 0.3) is 0 Å². The molecule has 0 fully saturated rings. The van der Waals surface area contributed by atoms with E-state index in [1.54, 1.807) is 13.0 Å². The van der Waals surface area contributed by atoms with E-state index in [2.05, 4.69) is 15.8 Å². The molecule has 2 N–H and O–H groups in total. The zero-order valence-corrected chi connectivity index (χ0v) is 11.8. The van der Waals surface area contributed by atoms with E-state index in [9.17, 15) is 18.8 Å². The van der Waals surface area contributed by atoms with Crippen molar-refractivity contribution < 1.29 is 23.5 Å². The molecule has 0 radical (unpaired) electrons. The molecule has 1 heterocycles. The summed E-state index contributed by atoms with van der Waals surface area (Å²) in [5, 5.41) is 5.85. The predicted molar refractivity (Wildman–Crippen MR) is 75.5 cm³/mol. The first kappa shape index (κ1) is 15.6. The topological polar surface area (TPSA) is 96.9 Å². The Morgan fingerprint density at radius 1 is 1.41 bits per heavy atom. The van der Waals surface area contributed by atoms with Gasteiger partial charge in [0.05, 0.1) is 5.69 Å². The molecule has 2 amide bonds. The quantitative estimate of drug-likeness (QED) is 0.807. The van der Waals surface area contributed by atoms with Gasteiger partial charge in [0.1, 0.15) is 11.5 Å². The number of nitrogens with zero attached hydrogens (tertiary/aromatic N) is 1. The molecule has 0 saturated carbocycles. The van der Waals surface area contributed by atoms with Gasteiger partial charge in [0.15, 0.2) is 6.61 Å². The number of hydrogen-bond donors (Lipinski definition) is 2. The van der Waals surface area contributed by atoms with Crippen LogP contribution in [0.3, 0.4) is 0 Å². The van der Waals surface area contributed by atoms with Gasteiger partial charge in [-0.25, -0.2) is 14.6 Å². The molecule has 2 rings (SSSR count). The summed E-state index contributed by atoms with van der Waals surface area (Å²) in [6.07, 6.45) is 0.285. The molecule has 0 aromatic heterocycles. The van der Waals surface area contributed by atoms with Crippen LogP contribution in [0.4, 0.5) is 10.1 Å². The van der Waals surface area contributed by atoms with E-state index in [-0.39, 0.29) is 30.1 Å². The first-order chi connectivity index (χ1) is 10.5. The number of hydrazone groups is 1. The van der Waals surface area contributed by atoms with Crippen LogP contribution in [0.1, 0.15) is 18.4 Å². The number of amides is 2. The molecule has 116 valence electrons. The lowest BCUT2D eigenvalue weighted by molar-refractivity contribution is -0.140. The van der Waals surface area contributed by atoms with Crippen molar-refractivity contribution in [2.24, 2.45) is 5.10 Å². The second-order valence-corrected chi connectivity index (χ2v) is 4.70. The summed E-state index contributed by atoms with van der Waals surface area (Å²) in [4.78, 5) is 34.1. The van der Waals surface area contributed by atoms with Crippen LogP contribution in [0.2, 0.25) is 0 Å². The summed E-state index contributed by atoms with van der Waals surface area (Å²) in [5.41, 5.74) is 2.92. The number of nitrogens with one attached hydrogen (secondary N) is 2. The molecule has 0 atom stereocenters. The van der Waals surface area contributed by atoms with Crippen molar-refractivity contribution in [3.8, 4) is 0 Å². The van der Waals surface area contributed by atoms with Crippen molar-refractivity contribution in [1.82, 2.24) is 5.43 Å². The highest BCUT2D eigenvalue weighted by atomic mass is 19.1. The molecule has 0 saturated heterocycles. The van der Waals surface area contributed by atoms with Crippen LogP contribution in [-0.2, 0) is 19.1 Å². The van der Waals surface area contributed by atoms with Crippen molar-refractivity contribution in [2.45, 2.75) is 19.8 Å². The van der Waals surface area contributed by atoms with E-state index in [4.69, 9.17) is 4.74 Å². The molecular formula is C14H14FN3O4. The van der Waals surface area contributed by atoms with Gasteiger partial charge < -0.3 is 10.1 Å². The molecule has 0 unspecified atom stereocenters. The van der Waals surface area contributed by atoms with Crippen LogP contribution in [0, 0.1) is 12.7 Å². The molecule has 0 spiro atoms. The Morgan fingerprint density at radius 3 is 2.82 bits per heavy atom. The summed E-state index contributed by atoms with van der Waals surface area (Å²) in [7, 11) is 0. The molecule has 22 heavy (non-hydrogen) atoms. The predicted octanol–water partition coefficient (Wildman–Crippen LogP) is 0.882. The molecule has 1 aromatic rings. The van der Waals surface area contributed by atoms with E-state index < -0.39 is 24.3 Å². The number of hydrogen-bond acceptors (Lipinski definition) is 5. The van der Waals surface area contributed by atoms with E-state index in [0.29, 0.717) is 0 Å². The normalized spacial score (nSPS) is 13.9. The second kappa shape index (κ2) is 6.79. The zero-order chi connectivity index (χ0) is 16.1. The van der Waals surface area contributed by atoms with Gasteiger partial charge in [-0.15, -0.1) is 0 Å². The highest BCUT2D eigenvalue weighted by molar-refractivity contribution is 6.37. The number of anilines is 1. The third kappa shape index (κ3) is 4.11. The van der Waals surface area contributed by atoms with E-state index >= 15 is 0 Å². The third-order valence-corrected chi connectivity index (χ3v) is 2.87. The molecule has 1 aliphatic heterocycles. The Bertz CT molecular complexity index is 657. The summed E-state index contributed by atoms with van der Waals surface area (Å²) in [6, 6.07) is 4.34. The van der Waals surface area contributed by atoms with Gasteiger partial charge in [-0.2, -0.15) is 5.10 Å². The van der Waals surface area contributed by atoms with Gasteiger partial charge in [0, 0.05) is 12.8 Å². The smallest absolute Gasteiger partial charge is 0.355 e. The fraction of sp³-hybridized carbons (Fsp3) is 0.286. The second-order valence-electron chi connectivity index (χ2n) is 4.70. The fourth-order valence-corrected chi connectivity index (χ4v) is 1.74. The number of carbonyl (C=O) groups excluding carboxylic acids is 3. The number of esters is 1. The average molecular weight is 307 g/mol. The first-order valence-electron chi connectivity index (χ1n) is 6.54. The number of ether oxygens (including phenoxy) is 1. The molecule has 7 nitrogen and oxygen atoms in total. The number of carbonyl (C=O) groups is 3. The van der Waals surface area contributed by atoms with E-state index in [1.165, 1.54) is 12.1 Å². The van der Waals surface area contributed by atoms with Crippen LogP contribution in [-0.4, -0.2) is 30.1 Å². The summed E-state index contributed by atoms with van der Waals surface area (Å²) in [6.45, 7) is 1.15. The van der Waals surface area contributed by atoms with Crippen LogP contribution >= 0.6 is 0 Å². The van der Waals surface area contributed by atoms with Gasteiger partial charge in [0.2, 0.25) is 5.91 Å². The van der Waals surface area contributed by atoms with Gasteiger partial charge in [-0.3, -0.25) is 9.59 Å². The maximum Gasteiger partial charge on any atom is 0.355 e. The standard InChI is InChI=1S/C14H14FN3O4/c1-8-2-3-10(9(15)6-8)16-13(20)7-22-14(21)11-4-5-12(19)18-17-11/h2-3,6H,4-5,7H2,1H3,(H,16,20)(H,18,19). The lowest BCUT2D eigenvalue weighted by atomic mass is 10.2. The summed E-state index contributed by atoms with van der Waals surface area (Å²) in [5.74, 6) is -2.32. The fourth-order valence-electron chi connectivity index (χ4n) is 1.74.